The minimum Gasteiger partial charge on any atom is -0.462 e. The van der Waals surface area contributed by atoms with E-state index in [0.29, 0.717) is 36.4 Å². The number of nitrogen functional groups attached to an aromatic ring is 1. The number of allylic oxidation sites excluding steroid dienone is 3. The Morgan fingerprint density at radius 1 is 0.907 bits per heavy atom. The number of nitrogens with zero attached hydrogens (tertiary/aromatic N) is 1. The molecule has 4 aliphatic rings. The number of methoxy groups -OCH3 is 3. The van der Waals surface area contributed by atoms with E-state index in [1.54, 1.807) is 72.9 Å². The Balaban J connectivity index is 1.53. The minimum absolute atomic E-state index is 0.0303. The van der Waals surface area contributed by atoms with Crippen LogP contribution in [-0.4, -0.2) is 207 Å². The summed E-state index contributed by atoms with van der Waals surface area (Å²) < 4.78 is 60.8. The van der Waals surface area contributed by atoms with E-state index in [1.165, 1.54) is 27.2 Å². The molecule has 21 nitrogen and oxygen atoms in total. The molecular formula is C53H87N3O18S. The summed E-state index contributed by atoms with van der Waals surface area (Å²) in [7, 11) is 8.01. The third-order valence-electron chi connectivity index (χ3n) is 15.1. The molecule has 428 valence electrons. The maximum atomic E-state index is 14.3. The van der Waals surface area contributed by atoms with Crippen molar-refractivity contribution in [1.29, 1.82) is 0 Å². The summed E-state index contributed by atoms with van der Waals surface area (Å²) in [5.41, 5.74) is 5.95. The molecule has 3 saturated heterocycles. The number of nitrogens with two attached hydrogens (primary N) is 1. The van der Waals surface area contributed by atoms with Crippen molar-refractivity contribution in [3.63, 3.8) is 0 Å². The lowest BCUT2D eigenvalue weighted by Gasteiger charge is -2.50. The number of thiophene rings is 1. The second-order valence-electron chi connectivity index (χ2n) is 21.2. The van der Waals surface area contributed by atoms with E-state index >= 15 is 0 Å². The predicted octanol–water partition coefficient (Wildman–Crippen LogP) is 2.82. The number of esters is 1. The number of nitrogens with one attached hydrogen (secondary N) is 1. The standard InChI is InChI=1S/C53H87N3O18S/c1-14-37-32(25-68-52-47(67-13)46(66-12)42(60)29(5)70-52)20-26(2)16-17-35(57)27(3)21-33(38-22-34(49(54)75-38)50(63)55-18-15-19-65-11)44(28(4)36(58)23-39(59)72-37)74-51-43(61)41(56(9)10)45(30(6)71-51)73-40-24-53(8,64)48(62)31(7)69-40/h16-17,20,22,27-33,36-37,40-48,51-52,58,60-62,64H,14-15,18-19,21,23-25,54H2,1-13H3,(H,55,63)/b17-16+,26-20+/t27-,28+,29-,30-,31+,32-,33-,36-,37-,40+,41-,42-,43-,44-,45-,46-,47-,48+,51+,52-,53-/m1/s1. The number of ether oxygens (including phenoxy) is 10. The smallest absolute Gasteiger partial charge is 0.308 e. The van der Waals surface area contributed by atoms with Crippen LogP contribution in [0.25, 0.3) is 0 Å². The van der Waals surface area contributed by atoms with Gasteiger partial charge in [0.05, 0.1) is 65.8 Å². The van der Waals surface area contributed by atoms with Crippen LogP contribution in [0.15, 0.2) is 29.9 Å². The second kappa shape index (κ2) is 28.2. The molecule has 0 saturated carbocycles. The molecule has 1 aromatic rings. The van der Waals surface area contributed by atoms with Crippen LogP contribution in [0.3, 0.4) is 0 Å². The predicted molar refractivity (Wildman–Crippen MR) is 276 cm³/mol. The molecule has 22 heteroatoms. The molecule has 75 heavy (non-hydrogen) atoms. The fourth-order valence-electron chi connectivity index (χ4n) is 10.6. The van der Waals surface area contributed by atoms with Gasteiger partial charge in [-0.2, -0.15) is 0 Å². The number of hydrogen-bond donors (Lipinski definition) is 7. The Hall–Kier alpha value is -3.01. The maximum absolute atomic E-state index is 14.3. The van der Waals surface area contributed by atoms with Crippen LogP contribution in [0.5, 0.6) is 0 Å². The Kier molecular flexibility index (Phi) is 23.6. The Labute approximate surface area is 446 Å². The van der Waals surface area contributed by atoms with Crippen molar-refractivity contribution < 1.29 is 87.3 Å². The number of ketones is 1. The summed E-state index contributed by atoms with van der Waals surface area (Å²) in [5, 5.41) is 60.1. The summed E-state index contributed by atoms with van der Waals surface area (Å²) >= 11 is 1.13. The van der Waals surface area contributed by atoms with Gasteiger partial charge in [0, 0.05) is 69.5 Å². The lowest BCUT2D eigenvalue weighted by Crippen LogP contribution is -2.65. The first-order valence-corrected chi connectivity index (χ1v) is 27.0. The van der Waals surface area contributed by atoms with Crippen LogP contribution in [-0.2, 0) is 57.0 Å². The van der Waals surface area contributed by atoms with Gasteiger partial charge in [-0.1, -0.05) is 38.5 Å². The number of aliphatic hydroxyl groups is 5. The summed E-state index contributed by atoms with van der Waals surface area (Å²) in [4.78, 5) is 44.4. The fraction of sp³-hybridized carbons (Fsp3) is 0.792. The quantitative estimate of drug-likeness (QED) is 0.0872. The van der Waals surface area contributed by atoms with Gasteiger partial charge in [-0.05, 0) is 80.1 Å². The van der Waals surface area contributed by atoms with E-state index in [0.717, 1.165) is 11.3 Å². The Morgan fingerprint density at radius 2 is 1.59 bits per heavy atom. The highest BCUT2D eigenvalue weighted by atomic mass is 32.1. The lowest BCUT2D eigenvalue weighted by molar-refractivity contribution is -0.340. The number of amides is 1. The average molecular weight is 1090 g/mol. The van der Waals surface area contributed by atoms with Crippen LogP contribution in [0, 0.1) is 17.8 Å². The van der Waals surface area contributed by atoms with Gasteiger partial charge in [0.1, 0.15) is 42.7 Å². The van der Waals surface area contributed by atoms with Crippen molar-refractivity contribution in [2.24, 2.45) is 17.8 Å². The molecule has 5 heterocycles. The summed E-state index contributed by atoms with van der Waals surface area (Å²) in [6.07, 6.45) is -9.33. The highest BCUT2D eigenvalue weighted by Gasteiger charge is 2.52. The zero-order valence-corrected chi connectivity index (χ0v) is 46.8. The molecule has 5 rings (SSSR count). The van der Waals surface area contributed by atoms with Gasteiger partial charge in [-0.15, -0.1) is 11.3 Å². The number of aliphatic hydroxyl groups excluding tert-OH is 4. The van der Waals surface area contributed by atoms with Crippen molar-refractivity contribution in [2.45, 2.75) is 197 Å². The molecule has 0 aromatic carbocycles. The van der Waals surface area contributed by atoms with Crippen molar-refractivity contribution in [3.8, 4) is 0 Å². The summed E-state index contributed by atoms with van der Waals surface area (Å²) in [5.74, 6) is -4.38. The SMILES string of the molecule is CC[C@H]1OC(=O)C[C@@H](O)[C@H](C)[C@@H](O[C@@H]2O[C@H](C)[C@@H](O[C@H]3C[C@@](C)(O)[C@@H](O)[C@H](C)O3)[C@H](N(C)C)[C@H]2O)[C@@H](c2cc(C(=O)NCCCOC)c(N)s2)C[C@@H](C)C(=O)/C=C/C(C)=C/[C@@H]1CO[C@@H]1O[C@H](C)[C@@H](O)[C@@H](OC)[C@H]1OC. The van der Waals surface area contributed by atoms with Gasteiger partial charge in [0.2, 0.25) is 0 Å². The Bertz CT molecular complexity index is 2060. The van der Waals surface area contributed by atoms with Crippen LogP contribution in [0.4, 0.5) is 5.00 Å². The Morgan fingerprint density at radius 3 is 2.21 bits per heavy atom. The van der Waals surface area contributed by atoms with Gasteiger partial charge < -0.3 is 88.9 Å². The molecule has 1 amide bonds. The number of carbonyl (C=O) groups is 3. The third-order valence-corrected chi connectivity index (χ3v) is 16.2. The van der Waals surface area contributed by atoms with E-state index in [-0.39, 0.29) is 35.8 Å². The van der Waals surface area contributed by atoms with E-state index < -0.39 is 146 Å². The number of anilines is 1. The molecular weight excluding hydrogens is 999 g/mol. The molecule has 0 bridgehead atoms. The number of hydrogen-bond acceptors (Lipinski definition) is 21. The van der Waals surface area contributed by atoms with E-state index in [2.05, 4.69) is 5.32 Å². The van der Waals surface area contributed by atoms with Gasteiger partial charge in [0.15, 0.2) is 24.7 Å². The average Bonchev–Trinajstić information content (AvgIpc) is 3.75. The largest absolute Gasteiger partial charge is 0.462 e. The normalized spacial score (nSPS) is 40.9. The van der Waals surface area contributed by atoms with E-state index in [9.17, 15) is 39.9 Å². The van der Waals surface area contributed by atoms with Crippen molar-refractivity contribution in [3.05, 3.63) is 40.3 Å². The molecule has 4 aliphatic heterocycles. The molecule has 0 unspecified atom stereocenters. The molecule has 1 aromatic heterocycles. The van der Waals surface area contributed by atoms with Gasteiger partial charge >= 0.3 is 5.97 Å². The first kappa shape index (κ1) is 62.8. The van der Waals surface area contributed by atoms with Gasteiger partial charge in [-0.25, -0.2) is 0 Å². The van der Waals surface area contributed by atoms with E-state index in [4.69, 9.17) is 53.1 Å². The molecule has 0 aliphatic carbocycles. The lowest BCUT2D eigenvalue weighted by atomic mass is 9.80. The molecule has 3 fully saturated rings. The van der Waals surface area contributed by atoms with Crippen LogP contribution in [0.2, 0.25) is 0 Å². The minimum atomic E-state index is -1.52. The van der Waals surface area contributed by atoms with Crippen molar-refractivity contribution in [1.82, 2.24) is 10.2 Å². The zero-order valence-electron chi connectivity index (χ0n) is 46.0. The van der Waals surface area contributed by atoms with Crippen LogP contribution in [0.1, 0.15) is 109 Å². The maximum Gasteiger partial charge on any atom is 0.308 e. The fourth-order valence-corrected chi connectivity index (χ4v) is 11.7. The molecule has 0 spiro atoms. The molecule has 0 radical (unpaired) electrons. The highest BCUT2D eigenvalue weighted by Crippen LogP contribution is 2.43. The van der Waals surface area contributed by atoms with Gasteiger partial charge in [-0.3, -0.25) is 14.4 Å². The van der Waals surface area contributed by atoms with Gasteiger partial charge in [0.25, 0.3) is 5.91 Å². The number of rotatable bonds is 17. The zero-order chi connectivity index (χ0) is 55.6. The first-order chi connectivity index (χ1) is 35.4. The topological polar surface area (TPSA) is 286 Å². The van der Waals surface area contributed by atoms with E-state index in [1.807, 2.05) is 19.9 Å². The summed E-state index contributed by atoms with van der Waals surface area (Å²) in [6.45, 7) is 14.4. The number of likely N-dealkylation sites (N-methyl/N-ethyl adjacent to an activating group) is 1. The monoisotopic (exact) mass is 1090 g/mol. The number of carbonyl (C=O) groups excluding carboxylic acids is 3. The molecule has 8 N–H and O–H groups in total. The summed E-state index contributed by atoms with van der Waals surface area (Å²) in [6, 6.07) is 0.855. The second-order valence-corrected chi connectivity index (χ2v) is 22.3. The molecule has 21 atom stereocenters. The first-order valence-electron chi connectivity index (χ1n) is 26.2. The van der Waals surface area contributed by atoms with Crippen molar-refractivity contribution >= 4 is 34.0 Å². The number of cyclic esters (lactones) is 1. The highest BCUT2D eigenvalue weighted by molar-refractivity contribution is 7.16. The third kappa shape index (κ3) is 15.9. The van der Waals surface area contributed by atoms with Crippen LogP contribution < -0.4 is 11.1 Å². The van der Waals surface area contributed by atoms with Crippen molar-refractivity contribution in [2.75, 3.05) is 60.9 Å². The van der Waals surface area contributed by atoms with Crippen LogP contribution >= 0.6 is 11.3 Å².